The molecule has 0 fully saturated rings. The minimum absolute atomic E-state index is 0.115. The van der Waals surface area contributed by atoms with Crippen molar-refractivity contribution in [3.05, 3.63) is 46.6 Å². The molecule has 0 aliphatic carbocycles. The summed E-state index contributed by atoms with van der Waals surface area (Å²) in [6.45, 7) is 5.38. The van der Waals surface area contributed by atoms with Crippen LogP contribution in [-0.4, -0.2) is 22.0 Å². The van der Waals surface area contributed by atoms with Crippen LogP contribution in [0, 0.1) is 20.8 Å². The number of aromatic nitrogens is 1. The first kappa shape index (κ1) is 14.4. The highest BCUT2D eigenvalue weighted by Gasteiger charge is 2.27. The molecular weight excluding hydrogens is 278 g/mol. The first-order valence-electron chi connectivity index (χ1n) is 7.29. The summed E-state index contributed by atoms with van der Waals surface area (Å²) >= 11 is 0. The van der Waals surface area contributed by atoms with Crippen LogP contribution in [0.15, 0.2) is 24.3 Å². The van der Waals surface area contributed by atoms with E-state index in [1.54, 1.807) is 6.92 Å². The maximum atomic E-state index is 12.5. The molecule has 3 N–H and O–H groups in total. The van der Waals surface area contributed by atoms with Gasteiger partial charge in [-0.25, -0.2) is 4.98 Å². The molecule has 1 unspecified atom stereocenters. The van der Waals surface area contributed by atoms with Crippen LogP contribution in [0.4, 0.5) is 11.5 Å². The summed E-state index contributed by atoms with van der Waals surface area (Å²) in [5.41, 5.74) is 4.19. The average Bonchev–Trinajstić information content (AvgIpc) is 2.94. The van der Waals surface area contributed by atoms with Crippen molar-refractivity contribution >= 4 is 17.4 Å². The molecule has 22 heavy (non-hydrogen) atoms. The number of aryl methyl sites for hydroxylation is 1. The minimum Gasteiger partial charge on any atom is -0.506 e. The summed E-state index contributed by atoms with van der Waals surface area (Å²) in [7, 11) is 0. The molecule has 114 valence electrons. The van der Waals surface area contributed by atoms with Crippen molar-refractivity contribution in [2.75, 3.05) is 10.6 Å². The topological polar surface area (TPSA) is 74.2 Å². The van der Waals surface area contributed by atoms with Crippen molar-refractivity contribution in [3.8, 4) is 5.75 Å². The van der Waals surface area contributed by atoms with Gasteiger partial charge in [0.05, 0.1) is 5.69 Å². The molecule has 1 aromatic carbocycles. The van der Waals surface area contributed by atoms with Gasteiger partial charge >= 0.3 is 0 Å². The number of nitrogens with one attached hydrogen (secondary N) is 2. The lowest BCUT2D eigenvalue weighted by Gasteiger charge is -2.15. The van der Waals surface area contributed by atoms with Gasteiger partial charge in [0.25, 0.3) is 0 Å². The molecular formula is C17H19N3O2. The van der Waals surface area contributed by atoms with Crippen LogP contribution >= 0.6 is 0 Å². The van der Waals surface area contributed by atoms with Gasteiger partial charge in [-0.3, -0.25) is 4.79 Å². The highest BCUT2D eigenvalue weighted by atomic mass is 16.3. The summed E-state index contributed by atoms with van der Waals surface area (Å²) in [5.74, 6) is 0.578. The number of fused-ring (bicyclic) bond motifs is 1. The minimum atomic E-state index is -0.298. The lowest BCUT2D eigenvalue weighted by atomic mass is 10.1. The van der Waals surface area contributed by atoms with Gasteiger partial charge in [-0.05, 0) is 43.5 Å². The van der Waals surface area contributed by atoms with Crippen molar-refractivity contribution in [3.63, 3.8) is 0 Å². The van der Waals surface area contributed by atoms with Crippen LogP contribution in [0.5, 0.6) is 5.75 Å². The molecule has 0 saturated carbocycles. The van der Waals surface area contributed by atoms with Gasteiger partial charge in [-0.1, -0.05) is 18.2 Å². The zero-order valence-electron chi connectivity index (χ0n) is 12.9. The van der Waals surface area contributed by atoms with Gasteiger partial charge in [-0.15, -0.1) is 0 Å². The van der Waals surface area contributed by atoms with Crippen LogP contribution in [0.2, 0.25) is 0 Å². The molecule has 1 atom stereocenters. The van der Waals surface area contributed by atoms with E-state index >= 15 is 0 Å². The van der Waals surface area contributed by atoms with Crippen LogP contribution < -0.4 is 10.6 Å². The molecule has 3 rings (SSSR count). The fourth-order valence-electron chi connectivity index (χ4n) is 2.71. The number of amides is 1. The summed E-state index contributed by atoms with van der Waals surface area (Å²) < 4.78 is 0. The van der Waals surface area contributed by atoms with Gasteiger partial charge in [-0.2, -0.15) is 0 Å². The Morgan fingerprint density at radius 1 is 1.27 bits per heavy atom. The fourth-order valence-corrected chi connectivity index (χ4v) is 2.71. The Hall–Kier alpha value is -2.56. The Balaban J connectivity index is 1.79. The Kier molecular flexibility index (Phi) is 3.48. The van der Waals surface area contributed by atoms with Crippen molar-refractivity contribution < 1.29 is 9.90 Å². The summed E-state index contributed by atoms with van der Waals surface area (Å²) in [5, 5.41) is 16.0. The van der Waals surface area contributed by atoms with E-state index < -0.39 is 0 Å². The van der Waals surface area contributed by atoms with Crippen molar-refractivity contribution in [1.29, 1.82) is 0 Å². The van der Waals surface area contributed by atoms with Gasteiger partial charge in [0, 0.05) is 12.1 Å². The monoisotopic (exact) mass is 297 g/mol. The van der Waals surface area contributed by atoms with Gasteiger partial charge in [0.2, 0.25) is 5.91 Å². The smallest absolute Gasteiger partial charge is 0.248 e. The van der Waals surface area contributed by atoms with E-state index in [1.807, 2.05) is 38.1 Å². The highest BCUT2D eigenvalue weighted by molar-refractivity contribution is 5.98. The molecule has 1 aliphatic heterocycles. The Labute approximate surface area is 129 Å². The SMILES string of the molecule is Cc1nc(NC(=O)C2Cc3ccccc3N2)c(C)c(C)c1O. The van der Waals surface area contributed by atoms with Gasteiger partial charge < -0.3 is 15.7 Å². The predicted octanol–water partition coefficient (Wildman–Crippen LogP) is 2.69. The van der Waals surface area contributed by atoms with E-state index in [0.717, 1.165) is 22.4 Å². The second-order valence-corrected chi connectivity index (χ2v) is 5.69. The van der Waals surface area contributed by atoms with Crippen LogP contribution in [0.25, 0.3) is 0 Å². The van der Waals surface area contributed by atoms with Crippen LogP contribution in [-0.2, 0) is 11.2 Å². The zero-order chi connectivity index (χ0) is 15.9. The number of carbonyl (C=O) groups is 1. The second-order valence-electron chi connectivity index (χ2n) is 5.69. The molecule has 1 aliphatic rings. The maximum Gasteiger partial charge on any atom is 0.248 e. The number of pyridine rings is 1. The third-order valence-electron chi connectivity index (χ3n) is 4.22. The average molecular weight is 297 g/mol. The normalized spacial score (nSPS) is 16.0. The van der Waals surface area contributed by atoms with Crippen LogP contribution in [0.3, 0.4) is 0 Å². The number of benzene rings is 1. The molecule has 2 heterocycles. The number of anilines is 2. The molecule has 2 aromatic rings. The number of rotatable bonds is 2. The zero-order valence-corrected chi connectivity index (χ0v) is 12.9. The van der Waals surface area contributed by atoms with E-state index in [9.17, 15) is 9.90 Å². The number of para-hydroxylation sites is 1. The molecule has 0 spiro atoms. The van der Waals surface area contributed by atoms with Gasteiger partial charge in [0.15, 0.2) is 0 Å². The Bertz CT molecular complexity index is 731. The number of nitrogens with zero attached hydrogens (tertiary/aromatic N) is 1. The highest BCUT2D eigenvalue weighted by Crippen LogP contribution is 2.29. The molecule has 5 nitrogen and oxygen atoms in total. The number of hydrogen-bond acceptors (Lipinski definition) is 4. The molecule has 1 amide bonds. The predicted molar refractivity (Wildman–Crippen MR) is 86.3 cm³/mol. The number of hydrogen-bond donors (Lipinski definition) is 3. The van der Waals surface area contributed by atoms with E-state index in [-0.39, 0.29) is 17.7 Å². The number of carbonyl (C=O) groups excluding carboxylic acids is 1. The third kappa shape index (κ3) is 2.39. The van der Waals surface area contributed by atoms with Gasteiger partial charge in [0.1, 0.15) is 17.6 Å². The van der Waals surface area contributed by atoms with E-state index in [2.05, 4.69) is 15.6 Å². The lowest BCUT2D eigenvalue weighted by Crippen LogP contribution is -2.33. The standard InChI is InChI=1S/C17H19N3O2/c1-9-10(2)16(18-11(3)15(9)21)20-17(22)14-8-12-6-4-5-7-13(12)19-14/h4-7,14,19,21H,8H2,1-3H3,(H,18,20,22). The van der Waals surface area contributed by atoms with Crippen molar-refractivity contribution in [2.45, 2.75) is 33.2 Å². The summed E-state index contributed by atoms with van der Waals surface area (Å²) in [6, 6.07) is 7.62. The fraction of sp³-hybridized carbons (Fsp3) is 0.294. The largest absolute Gasteiger partial charge is 0.506 e. The molecule has 5 heteroatoms. The Morgan fingerprint density at radius 2 is 2.00 bits per heavy atom. The van der Waals surface area contributed by atoms with E-state index in [1.165, 1.54) is 0 Å². The molecule has 0 radical (unpaired) electrons. The first-order chi connectivity index (χ1) is 10.5. The maximum absolute atomic E-state index is 12.5. The quantitative estimate of drug-likeness (QED) is 0.796. The first-order valence-corrected chi connectivity index (χ1v) is 7.29. The third-order valence-corrected chi connectivity index (χ3v) is 4.22. The number of aromatic hydroxyl groups is 1. The van der Waals surface area contributed by atoms with E-state index in [0.29, 0.717) is 17.9 Å². The molecule has 1 aromatic heterocycles. The van der Waals surface area contributed by atoms with Crippen molar-refractivity contribution in [1.82, 2.24) is 4.98 Å². The molecule has 0 saturated heterocycles. The Morgan fingerprint density at radius 3 is 2.73 bits per heavy atom. The summed E-state index contributed by atoms with van der Waals surface area (Å²) in [6.07, 6.45) is 0.664. The lowest BCUT2D eigenvalue weighted by molar-refractivity contribution is -0.116. The van der Waals surface area contributed by atoms with Crippen molar-refractivity contribution in [2.24, 2.45) is 0 Å². The second kappa shape index (κ2) is 5.33. The van der Waals surface area contributed by atoms with E-state index in [4.69, 9.17) is 0 Å². The van der Waals surface area contributed by atoms with Crippen LogP contribution in [0.1, 0.15) is 22.4 Å². The molecule has 0 bridgehead atoms. The summed E-state index contributed by atoms with van der Waals surface area (Å²) in [4.78, 5) is 16.8.